The Bertz CT molecular complexity index is 1020. The second-order valence-electron chi connectivity index (χ2n) is 7.68. The zero-order valence-corrected chi connectivity index (χ0v) is 16.8. The Morgan fingerprint density at radius 3 is 2.41 bits per heavy atom. The van der Waals surface area contributed by atoms with Gasteiger partial charge in [0.1, 0.15) is 6.17 Å². The van der Waals surface area contributed by atoms with Crippen molar-refractivity contribution >= 4 is 16.5 Å². The second kappa shape index (κ2) is 6.73. The first-order valence-corrected chi connectivity index (χ1v) is 9.73. The minimum atomic E-state index is 0.296. The van der Waals surface area contributed by atoms with Gasteiger partial charge in [0.15, 0.2) is 11.9 Å². The van der Waals surface area contributed by atoms with E-state index in [1.54, 1.807) is 0 Å². The second-order valence-corrected chi connectivity index (χ2v) is 7.68. The number of pyridine rings is 1. The van der Waals surface area contributed by atoms with Crippen molar-refractivity contribution in [1.82, 2.24) is 4.90 Å². The maximum absolute atomic E-state index is 2.42. The molecule has 0 saturated carbocycles. The van der Waals surface area contributed by atoms with Crippen LogP contribution in [0.5, 0.6) is 0 Å². The van der Waals surface area contributed by atoms with Crippen LogP contribution in [-0.4, -0.2) is 17.1 Å². The van der Waals surface area contributed by atoms with Crippen LogP contribution in [0.3, 0.4) is 0 Å². The van der Waals surface area contributed by atoms with E-state index in [1.165, 1.54) is 33.4 Å². The fourth-order valence-corrected chi connectivity index (χ4v) is 4.21. The van der Waals surface area contributed by atoms with Crippen molar-refractivity contribution in [1.29, 1.82) is 0 Å². The smallest absolute Gasteiger partial charge is 0.216 e. The molecule has 4 rings (SSSR count). The molecule has 2 aromatic carbocycles. The molecule has 1 aliphatic heterocycles. The maximum atomic E-state index is 2.42. The molecule has 0 aliphatic carbocycles. The normalized spacial score (nSPS) is 16.7. The van der Waals surface area contributed by atoms with E-state index in [0.29, 0.717) is 12.2 Å². The number of aryl methyl sites for hydroxylation is 1. The molecule has 0 saturated heterocycles. The van der Waals surface area contributed by atoms with Crippen molar-refractivity contribution < 1.29 is 4.57 Å². The molecular formula is C24H28N3+. The van der Waals surface area contributed by atoms with Crippen LogP contribution in [0.25, 0.3) is 16.5 Å². The molecule has 1 atom stereocenters. The van der Waals surface area contributed by atoms with Gasteiger partial charge in [-0.05, 0) is 33.1 Å². The predicted molar refractivity (Wildman–Crippen MR) is 113 cm³/mol. The largest absolute Gasteiger partial charge is 0.353 e. The molecular weight excluding hydrogens is 330 g/mol. The summed E-state index contributed by atoms with van der Waals surface area (Å²) in [7, 11) is 0. The Hall–Kier alpha value is -2.81. The Labute approximate surface area is 162 Å². The summed E-state index contributed by atoms with van der Waals surface area (Å²) in [6.45, 7) is 11.2. The summed E-state index contributed by atoms with van der Waals surface area (Å²) in [5, 5.41) is 2.57. The number of aromatic nitrogens is 1. The van der Waals surface area contributed by atoms with E-state index in [2.05, 4.69) is 116 Å². The number of fused-ring (bicyclic) bond motifs is 1. The molecule has 27 heavy (non-hydrogen) atoms. The molecule has 1 aliphatic rings. The van der Waals surface area contributed by atoms with Crippen LogP contribution in [-0.2, 0) is 0 Å². The average molecular weight is 359 g/mol. The third kappa shape index (κ3) is 2.87. The van der Waals surface area contributed by atoms with E-state index in [1.807, 2.05) is 0 Å². The lowest BCUT2D eigenvalue weighted by Crippen LogP contribution is -2.40. The van der Waals surface area contributed by atoms with E-state index in [9.17, 15) is 0 Å². The summed E-state index contributed by atoms with van der Waals surface area (Å²) >= 11 is 0. The monoisotopic (exact) mass is 358 g/mol. The Kier molecular flexibility index (Phi) is 4.39. The molecule has 3 nitrogen and oxygen atoms in total. The van der Waals surface area contributed by atoms with Gasteiger partial charge in [-0.2, -0.15) is 4.57 Å². The van der Waals surface area contributed by atoms with Crippen LogP contribution < -0.4 is 9.47 Å². The minimum Gasteiger partial charge on any atom is -0.353 e. The van der Waals surface area contributed by atoms with Crippen LogP contribution in [0.15, 0.2) is 67.1 Å². The van der Waals surface area contributed by atoms with Gasteiger partial charge < -0.3 is 9.80 Å². The van der Waals surface area contributed by atoms with E-state index in [0.717, 1.165) is 0 Å². The van der Waals surface area contributed by atoms with Crippen molar-refractivity contribution in [2.24, 2.45) is 0 Å². The zero-order chi connectivity index (χ0) is 19.1. The number of hydrogen-bond acceptors (Lipinski definition) is 2. The lowest BCUT2D eigenvalue weighted by molar-refractivity contribution is -0.603. The van der Waals surface area contributed by atoms with Crippen LogP contribution in [0.1, 0.15) is 32.0 Å². The lowest BCUT2D eigenvalue weighted by Gasteiger charge is -2.33. The molecule has 0 fully saturated rings. The van der Waals surface area contributed by atoms with Gasteiger partial charge in [-0.25, -0.2) is 0 Å². The van der Waals surface area contributed by atoms with Crippen molar-refractivity contribution in [3.8, 4) is 5.69 Å². The standard InChI is InChI=1S/C24H28N3/c1-17(2)25-14-15-27(20(25)5)24-19(4)23(26-13-9-8-10-18(26)3)16-21-11-6-7-12-22(21)24/h6-17,20H,1-5H3/q+1/t20-/m1/s1. The van der Waals surface area contributed by atoms with Crippen LogP contribution in [0.2, 0.25) is 0 Å². The SMILES string of the molecule is Cc1c(-[n+]2ccccc2C)cc2ccccc2c1N1C=CN(C(C)C)[C@H]1C. The molecule has 0 unspecified atom stereocenters. The maximum Gasteiger partial charge on any atom is 0.216 e. The first-order valence-electron chi connectivity index (χ1n) is 9.73. The van der Waals surface area contributed by atoms with Gasteiger partial charge in [0, 0.05) is 54.5 Å². The van der Waals surface area contributed by atoms with E-state index in [-0.39, 0.29) is 0 Å². The highest BCUT2D eigenvalue weighted by molar-refractivity contribution is 5.98. The fraction of sp³-hybridized carbons (Fsp3) is 0.292. The molecule has 138 valence electrons. The Balaban J connectivity index is 1.96. The fourth-order valence-electron chi connectivity index (χ4n) is 4.21. The lowest BCUT2D eigenvalue weighted by atomic mass is 10.0. The number of hydrogen-bond donors (Lipinski definition) is 0. The van der Waals surface area contributed by atoms with Gasteiger partial charge in [-0.15, -0.1) is 0 Å². The van der Waals surface area contributed by atoms with E-state index < -0.39 is 0 Å². The van der Waals surface area contributed by atoms with Gasteiger partial charge in [0.25, 0.3) is 0 Å². The van der Waals surface area contributed by atoms with Gasteiger partial charge >= 0.3 is 0 Å². The number of nitrogens with zero attached hydrogens (tertiary/aromatic N) is 3. The summed E-state index contributed by atoms with van der Waals surface area (Å²) in [5.41, 5.74) is 5.07. The molecule has 0 amide bonds. The number of benzene rings is 2. The summed E-state index contributed by atoms with van der Waals surface area (Å²) in [6, 6.07) is 17.8. The average Bonchev–Trinajstić information content (AvgIpc) is 3.03. The van der Waals surface area contributed by atoms with Gasteiger partial charge in [0.2, 0.25) is 5.69 Å². The molecule has 2 heterocycles. The van der Waals surface area contributed by atoms with Crippen molar-refractivity contribution in [2.75, 3.05) is 4.90 Å². The Morgan fingerprint density at radius 2 is 1.70 bits per heavy atom. The highest BCUT2D eigenvalue weighted by Gasteiger charge is 2.29. The molecule has 3 heteroatoms. The van der Waals surface area contributed by atoms with Crippen molar-refractivity contribution in [2.45, 2.75) is 46.8 Å². The Morgan fingerprint density at radius 1 is 0.963 bits per heavy atom. The van der Waals surface area contributed by atoms with Crippen LogP contribution in [0, 0.1) is 13.8 Å². The first-order chi connectivity index (χ1) is 13.0. The predicted octanol–water partition coefficient (Wildman–Crippen LogP) is 5.08. The highest BCUT2D eigenvalue weighted by Crippen LogP contribution is 2.37. The first kappa shape index (κ1) is 17.6. The van der Waals surface area contributed by atoms with Crippen LogP contribution in [0.4, 0.5) is 5.69 Å². The summed E-state index contributed by atoms with van der Waals surface area (Å²) in [4.78, 5) is 4.82. The van der Waals surface area contributed by atoms with Gasteiger partial charge in [-0.3, -0.25) is 0 Å². The number of anilines is 1. The summed E-state index contributed by atoms with van der Waals surface area (Å²) in [5.74, 6) is 0. The quantitative estimate of drug-likeness (QED) is 0.604. The van der Waals surface area contributed by atoms with Crippen LogP contribution >= 0.6 is 0 Å². The molecule has 3 aromatic rings. The van der Waals surface area contributed by atoms with Crippen molar-refractivity contribution in [3.63, 3.8) is 0 Å². The van der Waals surface area contributed by atoms with E-state index >= 15 is 0 Å². The third-order valence-electron chi connectivity index (χ3n) is 5.66. The summed E-state index contributed by atoms with van der Waals surface area (Å²) in [6.07, 6.45) is 6.90. The molecule has 0 N–H and O–H groups in total. The molecule has 0 radical (unpaired) electrons. The van der Waals surface area contributed by atoms with Crippen molar-refractivity contribution in [3.05, 3.63) is 78.4 Å². The highest BCUT2D eigenvalue weighted by atomic mass is 15.4. The minimum absolute atomic E-state index is 0.296. The summed E-state index contributed by atoms with van der Waals surface area (Å²) < 4.78 is 2.29. The third-order valence-corrected chi connectivity index (χ3v) is 5.66. The molecule has 0 bridgehead atoms. The molecule has 1 aromatic heterocycles. The topological polar surface area (TPSA) is 10.4 Å². The molecule has 0 spiro atoms. The van der Waals surface area contributed by atoms with Gasteiger partial charge in [-0.1, -0.05) is 30.3 Å². The zero-order valence-electron chi connectivity index (χ0n) is 16.8. The van der Waals surface area contributed by atoms with Gasteiger partial charge in [0.05, 0.1) is 5.69 Å². The van der Waals surface area contributed by atoms with E-state index in [4.69, 9.17) is 0 Å². The number of rotatable bonds is 3.